The van der Waals surface area contributed by atoms with Gasteiger partial charge in [-0.3, -0.25) is 9.36 Å². The van der Waals surface area contributed by atoms with Crippen LogP contribution in [0.15, 0.2) is 78.5 Å². The lowest BCUT2D eigenvalue weighted by Gasteiger charge is -2.10. The van der Waals surface area contributed by atoms with Crippen molar-refractivity contribution in [1.82, 2.24) is 14.8 Å². The Morgan fingerprint density at radius 3 is 2.69 bits per heavy atom. The first-order valence-corrected chi connectivity index (χ1v) is 10.9. The first kappa shape index (κ1) is 21.5. The molecule has 0 fully saturated rings. The van der Waals surface area contributed by atoms with E-state index in [1.54, 1.807) is 31.4 Å². The monoisotopic (exact) mass is 446 g/mol. The van der Waals surface area contributed by atoms with Crippen LogP contribution in [0.4, 0.5) is 5.69 Å². The van der Waals surface area contributed by atoms with Crippen LogP contribution in [0.1, 0.15) is 0 Å². The van der Waals surface area contributed by atoms with Crippen molar-refractivity contribution in [2.75, 3.05) is 18.2 Å². The normalized spacial score (nSPS) is 10.8. The van der Waals surface area contributed by atoms with Gasteiger partial charge in [-0.05, 0) is 35.0 Å². The Hall–Kier alpha value is -3.78. The van der Waals surface area contributed by atoms with Crippen molar-refractivity contribution in [1.29, 1.82) is 0 Å². The molecule has 0 aliphatic rings. The molecule has 0 unspecified atom stereocenters. The number of ether oxygens (including phenoxy) is 1. The molecule has 1 heterocycles. The van der Waals surface area contributed by atoms with Crippen LogP contribution in [-0.2, 0) is 11.3 Å². The smallest absolute Gasteiger partial charge is 0.234 e. The fourth-order valence-corrected chi connectivity index (χ4v) is 4.07. The SMILES string of the molecule is C=CCn1c(SCC(=O)Nc2cccc(OC)c2)nnc1-c1cc2ccccc2cc1O. The van der Waals surface area contributed by atoms with E-state index >= 15 is 0 Å². The molecule has 0 saturated heterocycles. The Labute approximate surface area is 189 Å². The van der Waals surface area contributed by atoms with E-state index in [9.17, 15) is 9.90 Å². The van der Waals surface area contributed by atoms with E-state index in [0.29, 0.717) is 34.5 Å². The van der Waals surface area contributed by atoms with Gasteiger partial charge < -0.3 is 15.2 Å². The average molecular weight is 447 g/mol. The summed E-state index contributed by atoms with van der Waals surface area (Å²) in [6.07, 6.45) is 1.73. The first-order chi connectivity index (χ1) is 15.6. The predicted octanol–water partition coefficient (Wildman–Crippen LogP) is 4.73. The van der Waals surface area contributed by atoms with Gasteiger partial charge in [0.05, 0.1) is 18.4 Å². The maximum absolute atomic E-state index is 12.4. The van der Waals surface area contributed by atoms with E-state index in [-0.39, 0.29) is 17.4 Å². The molecule has 3 aromatic carbocycles. The largest absolute Gasteiger partial charge is 0.507 e. The number of nitrogens with zero attached hydrogens (tertiary/aromatic N) is 3. The lowest BCUT2D eigenvalue weighted by Crippen LogP contribution is -2.14. The van der Waals surface area contributed by atoms with E-state index in [4.69, 9.17) is 4.74 Å². The maximum atomic E-state index is 12.4. The van der Waals surface area contributed by atoms with E-state index in [0.717, 1.165) is 10.8 Å². The summed E-state index contributed by atoms with van der Waals surface area (Å²) < 4.78 is 7.02. The number of fused-ring (bicyclic) bond motifs is 1. The van der Waals surface area contributed by atoms with Crippen molar-refractivity contribution in [2.45, 2.75) is 11.7 Å². The number of aromatic nitrogens is 3. The molecular weight excluding hydrogens is 424 g/mol. The molecule has 4 rings (SSSR count). The van der Waals surface area contributed by atoms with E-state index in [1.165, 1.54) is 11.8 Å². The lowest BCUT2D eigenvalue weighted by molar-refractivity contribution is -0.113. The highest BCUT2D eigenvalue weighted by Gasteiger charge is 2.18. The average Bonchev–Trinajstić information content (AvgIpc) is 3.20. The molecule has 4 aromatic rings. The Morgan fingerprint density at radius 1 is 1.16 bits per heavy atom. The fourth-order valence-electron chi connectivity index (χ4n) is 3.32. The van der Waals surface area contributed by atoms with Crippen molar-refractivity contribution in [3.8, 4) is 22.9 Å². The number of carbonyl (C=O) groups is 1. The molecule has 162 valence electrons. The summed E-state index contributed by atoms with van der Waals surface area (Å²) in [7, 11) is 1.58. The van der Waals surface area contributed by atoms with Crippen LogP contribution in [-0.4, -0.2) is 38.6 Å². The molecule has 0 aliphatic heterocycles. The van der Waals surface area contributed by atoms with E-state index in [2.05, 4.69) is 22.1 Å². The molecule has 0 bridgehead atoms. The number of allylic oxidation sites excluding steroid dienone is 1. The zero-order chi connectivity index (χ0) is 22.5. The minimum absolute atomic E-state index is 0.119. The van der Waals surface area contributed by atoms with Gasteiger partial charge in [0, 0.05) is 18.3 Å². The quantitative estimate of drug-likeness (QED) is 0.300. The zero-order valence-corrected chi connectivity index (χ0v) is 18.3. The first-order valence-electron chi connectivity index (χ1n) is 9.92. The van der Waals surface area contributed by atoms with Crippen molar-refractivity contribution >= 4 is 34.1 Å². The summed E-state index contributed by atoms with van der Waals surface area (Å²) in [6, 6.07) is 18.6. The molecule has 1 amide bonds. The van der Waals surface area contributed by atoms with Gasteiger partial charge in [-0.15, -0.1) is 16.8 Å². The summed E-state index contributed by atoms with van der Waals surface area (Å²) >= 11 is 1.27. The highest BCUT2D eigenvalue weighted by atomic mass is 32.2. The predicted molar refractivity (Wildman–Crippen MR) is 127 cm³/mol. The number of aromatic hydroxyl groups is 1. The summed E-state index contributed by atoms with van der Waals surface area (Å²) in [5.41, 5.74) is 1.23. The summed E-state index contributed by atoms with van der Waals surface area (Å²) in [5.74, 6) is 1.28. The molecule has 0 aliphatic carbocycles. The molecule has 32 heavy (non-hydrogen) atoms. The number of methoxy groups -OCH3 is 1. The highest BCUT2D eigenvalue weighted by Crippen LogP contribution is 2.34. The maximum Gasteiger partial charge on any atom is 0.234 e. The number of phenols is 1. The molecule has 0 spiro atoms. The number of nitrogens with one attached hydrogen (secondary N) is 1. The van der Waals surface area contributed by atoms with Crippen LogP contribution in [0.25, 0.3) is 22.2 Å². The van der Waals surface area contributed by atoms with Crippen molar-refractivity contribution in [3.05, 3.63) is 73.3 Å². The molecule has 0 atom stereocenters. The van der Waals surface area contributed by atoms with Gasteiger partial charge in [-0.1, -0.05) is 48.2 Å². The lowest BCUT2D eigenvalue weighted by atomic mass is 10.1. The highest BCUT2D eigenvalue weighted by molar-refractivity contribution is 7.99. The summed E-state index contributed by atoms with van der Waals surface area (Å²) in [6.45, 7) is 4.25. The summed E-state index contributed by atoms with van der Waals surface area (Å²) in [5, 5.41) is 24.5. The number of thioether (sulfide) groups is 1. The van der Waals surface area contributed by atoms with Crippen LogP contribution in [0, 0.1) is 0 Å². The summed E-state index contributed by atoms with van der Waals surface area (Å²) in [4.78, 5) is 12.4. The van der Waals surface area contributed by atoms with E-state index in [1.807, 2.05) is 47.0 Å². The van der Waals surface area contributed by atoms with Crippen molar-refractivity contribution < 1.29 is 14.6 Å². The van der Waals surface area contributed by atoms with Crippen LogP contribution >= 0.6 is 11.8 Å². The number of benzene rings is 3. The van der Waals surface area contributed by atoms with Crippen molar-refractivity contribution in [2.24, 2.45) is 0 Å². The van der Waals surface area contributed by atoms with Crippen molar-refractivity contribution in [3.63, 3.8) is 0 Å². The van der Waals surface area contributed by atoms with Gasteiger partial charge in [-0.25, -0.2) is 0 Å². The number of amides is 1. The second kappa shape index (κ2) is 9.57. The third-order valence-electron chi connectivity index (χ3n) is 4.82. The third kappa shape index (κ3) is 4.60. The minimum Gasteiger partial charge on any atom is -0.507 e. The number of hydrogen-bond acceptors (Lipinski definition) is 6. The number of hydrogen-bond donors (Lipinski definition) is 2. The van der Waals surface area contributed by atoms with Gasteiger partial charge in [0.2, 0.25) is 5.91 Å². The van der Waals surface area contributed by atoms with Crippen LogP contribution in [0.5, 0.6) is 11.5 Å². The minimum atomic E-state index is -0.175. The van der Waals surface area contributed by atoms with E-state index < -0.39 is 0 Å². The second-order valence-corrected chi connectivity index (χ2v) is 7.93. The standard InChI is InChI=1S/C24H22N4O3S/c1-3-11-28-23(20-12-16-7-4-5-8-17(16)13-21(20)29)26-27-24(28)32-15-22(30)25-18-9-6-10-19(14-18)31-2/h3-10,12-14,29H,1,11,15H2,2H3,(H,25,30). The number of anilines is 1. The number of carbonyl (C=O) groups excluding carboxylic acids is 1. The Morgan fingerprint density at radius 2 is 1.94 bits per heavy atom. The fraction of sp³-hybridized carbons (Fsp3) is 0.125. The topological polar surface area (TPSA) is 89.3 Å². The van der Waals surface area contributed by atoms with Gasteiger partial charge in [0.1, 0.15) is 11.5 Å². The second-order valence-electron chi connectivity index (χ2n) is 6.99. The number of rotatable bonds is 8. The molecular formula is C24H22N4O3S. The molecule has 8 heteroatoms. The van der Waals surface area contributed by atoms with Crippen LogP contribution < -0.4 is 10.1 Å². The van der Waals surface area contributed by atoms with Gasteiger partial charge >= 0.3 is 0 Å². The van der Waals surface area contributed by atoms with Crippen LogP contribution in [0.2, 0.25) is 0 Å². The third-order valence-corrected chi connectivity index (χ3v) is 5.79. The van der Waals surface area contributed by atoms with Gasteiger partial charge in [-0.2, -0.15) is 0 Å². The molecule has 2 N–H and O–H groups in total. The Kier molecular flexibility index (Phi) is 6.42. The molecule has 1 aromatic heterocycles. The van der Waals surface area contributed by atoms with Gasteiger partial charge in [0.15, 0.2) is 11.0 Å². The molecule has 0 radical (unpaired) electrons. The number of phenolic OH excluding ortho intramolecular Hbond substituents is 1. The zero-order valence-electron chi connectivity index (χ0n) is 17.5. The van der Waals surface area contributed by atoms with Crippen LogP contribution in [0.3, 0.4) is 0 Å². The Balaban J connectivity index is 1.55. The molecule has 7 nitrogen and oxygen atoms in total. The van der Waals surface area contributed by atoms with Gasteiger partial charge in [0.25, 0.3) is 0 Å². The Bertz CT molecular complexity index is 1290. The molecule has 0 saturated carbocycles.